The molecule has 0 amide bonds. The summed E-state index contributed by atoms with van der Waals surface area (Å²) < 4.78 is 8.77. The Hall–Kier alpha value is -8.09. The zero-order valence-electron chi connectivity index (χ0n) is 32.9. The third kappa shape index (κ3) is 5.25. The van der Waals surface area contributed by atoms with Gasteiger partial charge in [0, 0.05) is 56.8 Å². The number of para-hydroxylation sites is 1. The number of benzene rings is 7. The molecule has 0 fully saturated rings. The molecule has 286 valence electrons. The molecule has 5 heterocycles. The van der Waals surface area contributed by atoms with E-state index in [4.69, 9.17) is 19.4 Å². The lowest BCUT2D eigenvalue weighted by Crippen LogP contribution is -2.28. The van der Waals surface area contributed by atoms with Gasteiger partial charge in [0.2, 0.25) is 0 Å². The van der Waals surface area contributed by atoms with E-state index in [-0.39, 0.29) is 6.04 Å². The summed E-state index contributed by atoms with van der Waals surface area (Å²) in [5, 5.41) is 4.32. The van der Waals surface area contributed by atoms with Gasteiger partial charge >= 0.3 is 0 Å². The van der Waals surface area contributed by atoms with E-state index in [1.807, 2.05) is 6.07 Å². The van der Waals surface area contributed by atoms with E-state index >= 15 is 0 Å². The van der Waals surface area contributed by atoms with Crippen LogP contribution in [0.3, 0.4) is 0 Å². The molecule has 0 spiro atoms. The van der Waals surface area contributed by atoms with Crippen molar-refractivity contribution in [3.05, 3.63) is 206 Å². The molecule has 0 radical (unpaired) electrons. The SMILES string of the molecule is C1=CC2c3ccccc3N(c3ccc4oc5ccc(-c6ccc7c(c6)c6c8nccnc8ccc6n7-c6cc(-c7ccccc7)cc(-c7ccccc7)n6)cc5c4c3)C2C=C1. The molecule has 1 aliphatic heterocycles. The van der Waals surface area contributed by atoms with Crippen LogP contribution in [0.1, 0.15) is 11.5 Å². The van der Waals surface area contributed by atoms with Crippen LogP contribution in [0.25, 0.3) is 94.1 Å². The lowest BCUT2D eigenvalue weighted by atomic mass is 9.91. The molecule has 4 aromatic heterocycles. The van der Waals surface area contributed by atoms with Gasteiger partial charge in [-0.2, -0.15) is 0 Å². The summed E-state index contributed by atoms with van der Waals surface area (Å²) in [7, 11) is 0. The second kappa shape index (κ2) is 13.2. The number of fused-ring (bicyclic) bond motifs is 11. The first-order valence-electron chi connectivity index (χ1n) is 20.7. The fourth-order valence-electron chi connectivity index (χ4n) is 9.83. The summed E-state index contributed by atoms with van der Waals surface area (Å²) in [6, 6.07) is 58.5. The van der Waals surface area contributed by atoms with Crippen LogP contribution in [0.5, 0.6) is 0 Å². The zero-order valence-corrected chi connectivity index (χ0v) is 32.9. The minimum absolute atomic E-state index is 0.226. The molecule has 2 aliphatic rings. The highest BCUT2D eigenvalue weighted by Crippen LogP contribution is 2.48. The van der Waals surface area contributed by atoms with Crippen molar-refractivity contribution in [3.63, 3.8) is 0 Å². The van der Waals surface area contributed by atoms with Gasteiger partial charge in [0.25, 0.3) is 0 Å². The lowest BCUT2D eigenvalue weighted by molar-refractivity contribution is 0.669. The predicted octanol–water partition coefficient (Wildman–Crippen LogP) is 13.8. The van der Waals surface area contributed by atoms with Gasteiger partial charge in [-0.15, -0.1) is 0 Å². The maximum atomic E-state index is 6.48. The molecule has 13 rings (SSSR count). The summed E-state index contributed by atoms with van der Waals surface area (Å²) >= 11 is 0. The number of rotatable bonds is 5. The summed E-state index contributed by atoms with van der Waals surface area (Å²) in [6.07, 6.45) is 12.5. The van der Waals surface area contributed by atoms with Gasteiger partial charge in [-0.25, -0.2) is 4.98 Å². The molecule has 1 aliphatic carbocycles. The first-order chi connectivity index (χ1) is 30.2. The van der Waals surface area contributed by atoms with E-state index in [9.17, 15) is 0 Å². The molecule has 0 saturated carbocycles. The quantitative estimate of drug-likeness (QED) is 0.174. The molecule has 61 heavy (non-hydrogen) atoms. The van der Waals surface area contributed by atoms with Crippen molar-refractivity contribution in [1.82, 2.24) is 19.5 Å². The summed E-state index contributed by atoms with van der Waals surface area (Å²) in [5.74, 6) is 1.16. The highest BCUT2D eigenvalue weighted by Gasteiger charge is 2.37. The van der Waals surface area contributed by atoms with E-state index in [0.29, 0.717) is 5.92 Å². The number of anilines is 2. The minimum atomic E-state index is 0.226. The van der Waals surface area contributed by atoms with Crippen LogP contribution in [-0.4, -0.2) is 25.6 Å². The van der Waals surface area contributed by atoms with Gasteiger partial charge in [0.1, 0.15) is 17.0 Å². The smallest absolute Gasteiger partial charge is 0.138 e. The summed E-state index contributed by atoms with van der Waals surface area (Å²) in [6.45, 7) is 0. The van der Waals surface area contributed by atoms with E-state index in [2.05, 4.69) is 191 Å². The Balaban J connectivity index is 0.993. The standard InChI is InChI=1S/C55H35N5O/c1-3-11-34(12-4-1)38-31-46(35-13-5-2-6-14-35)58-53(32-38)60-49-23-19-36(30-44(49)54-50(60)24-22-45-55(54)57-28-27-56-45)37-20-25-51-42(29-37)43-33-39(21-26-52(43)61-51)59-47-17-9-7-15-40(47)41-16-8-10-18-48(41)59/h1-33,40,47H. The van der Waals surface area contributed by atoms with E-state index < -0.39 is 0 Å². The third-order valence-corrected chi connectivity index (χ3v) is 12.6. The Morgan fingerprint density at radius 1 is 0.508 bits per heavy atom. The van der Waals surface area contributed by atoms with Gasteiger partial charge < -0.3 is 9.32 Å². The van der Waals surface area contributed by atoms with Crippen LogP contribution in [-0.2, 0) is 0 Å². The number of furan rings is 1. The Kier molecular flexibility index (Phi) is 7.33. The van der Waals surface area contributed by atoms with Crippen molar-refractivity contribution < 1.29 is 4.42 Å². The molecule has 11 aromatic rings. The first kappa shape index (κ1) is 33.8. The van der Waals surface area contributed by atoms with Crippen molar-refractivity contribution in [3.8, 4) is 39.3 Å². The largest absolute Gasteiger partial charge is 0.456 e. The topological polar surface area (TPSA) is 60.0 Å². The van der Waals surface area contributed by atoms with Crippen molar-refractivity contribution in [1.29, 1.82) is 0 Å². The zero-order chi connectivity index (χ0) is 40.0. The Morgan fingerprint density at radius 3 is 2.08 bits per heavy atom. The van der Waals surface area contributed by atoms with Gasteiger partial charge in [-0.3, -0.25) is 14.5 Å². The number of pyridine rings is 1. The second-order valence-electron chi connectivity index (χ2n) is 16.0. The van der Waals surface area contributed by atoms with Crippen molar-refractivity contribution in [2.75, 3.05) is 4.90 Å². The highest BCUT2D eigenvalue weighted by atomic mass is 16.3. The van der Waals surface area contributed by atoms with Gasteiger partial charge in [-0.1, -0.05) is 115 Å². The Labute approximate surface area is 351 Å². The fraction of sp³-hybridized carbons (Fsp3) is 0.0364. The molecule has 2 unspecified atom stereocenters. The normalized spacial score (nSPS) is 15.7. The Morgan fingerprint density at radius 2 is 1.21 bits per heavy atom. The lowest BCUT2D eigenvalue weighted by Gasteiger charge is -2.28. The van der Waals surface area contributed by atoms with E-state index in [1.165, 1.54) is 11.3 Å². The summed E-state index contributed by atoms with van der Waals surface area (Å²) in [5.41, 5.74) is 15.7. The van der Waals surface area contributed by atoms with Gasteiger partial charge in [0.05, 0.1) is 33.8 Å². The maximum Gasteiger partial charge on any atom is 0.138 e. The predicted molar refractivity (Wildman–Crippen MR) is 249 cm³/mol. The van der Waals surface area contributed by atoms with Crippen LogP contribution in [0.4, 0.5) is 11.4 Å². The molecule has 0 N–H and O–H groups in total. The number of hydrogen-bond acceptors (Lipinski definition) is 5. The van der Waals surface area contributed by atoms with Crippen LogP contribution in [0.15, 0.2) is 205 Å². The minimum Gasteiger partial charge on any atom is -0.456 e. The fourth-order valence-corrected chi connectivity index (χ4v) is 9.83. The van der Waals surface area contributed by atoms with Gasteiger partial charge in [-0.05, 0) is 101 Å². The monoisotopic (exact) mass is 781 g/mol. The van der Waals surface area contributed by atoms with E-state index in [0.717, 1.165) is 99.8 Å². The third-order valence-electron chi connectivity index (χ3n) is 12.6. The average Bonchev–Trinajstić information content (AvgIpc) is 3.99. The van der Waals surface area contributed by atoms with Crippen molar-refractivity contribution in [2.45, 2.75) is 12.0 Å². The van der Waals surface area contributed by atoms with Crippen LogP contribution >= 0.6 is 0 Å². The summed E-state index contributed by atoms with van der Waals surface area (Å²) in [4.78, 5) is 17.5. The van der Waals surface area contributed by atoms with Crippen LogP contribution in [0, 0.1) is 0 Å². The molecule has 0 saturated heterocycles. The van der Waals surface area contributed by atoms with Crippen molar-refractivity contribution in [2.24, 2.45) is 0 Å². The number of aromatic nitrogens is 4. The molecule has 6 nitrogen and oxygen atoms in total. The maximum absolute atomic E-state index is 6.48. The molecule has 6 heteroatoms. The molecular weight excluding hydrogens is 747 g/mol. The Bertz CT molecular complexity index is 3560. The molecular formula is C55H35N5O. The van der Waals surface area contributed by atoms with E-state index in [1.54, 1.807) is 12.4 Å². The number of allylic oxidation sites excluding steroid dienone is 2. The second-order valence-corrected chi connectivity index (χ2v) is 16.0. The van der Waals surface area contributed by atoms with Crippen molar-refractivity contribution >= 4 is 66.2 Å². The molecule has 7 aromatic carbocycles. The number of nitrogens with zero attached hydrogens (tertiary/aromatic N) is 5. The van der Waals surface area contributed by atoms with Crippen LogP contribution < -0.4 is 4.90 Å². The average molecular weight is 782 g/mol. The molecule has 0 bridgehead atoms. The highest BCUT2D eigenvalue weighted by molar-refractivity contribution is 6.20. The number of hydrogen-bond donors (Lipinski definition) is 0. The molecule has 2 atom stereocenters. The van der Waals surface area contributed by atoms with Gasteiger partial charge in [0.15, 0.2) is 0 Å². The van der Waals surface area contributed by atoms with Crippen LogP contribution in [0.2, 0.25) is 0 Å². The first-order valence-corrected chi connectivity index (χ1v) is 20.7.